The summed E-state index contributed by atoms with van der Waals surface area (Å²) in [5, 5.41) is 3.18. The summed E-state index contributed by atoms with van der Waals surface area (Å²) in [4.78, 5) is 9.51. The molecule has 19 heavy (non-hydrogen) atoms. The van der Waals surface area contributed by atoms with Crippen LogP contribution in [-0.4, -0.2) is 17.0 Å². The van der Waals surface area contributed by atoms with E-state index in [-0.39, 0.29) is 0 Å². The molecule has 0 aliphatic heterocycles. The monoisotopic (exact) mass is 261 g/mol. The van der Waals surface area contributed by atoms with Gasteiger partial charge < -0.3 is 5.32 Å². The standard InChI is InChI=1S/C16H27N3/c1-5-12-6-7-13(9-12)16-18-14(8-11(2)3)10-15(17-4)19-16/h10-13H,5-9H2,1-4H3,(H,17,18,19). The first-order chi connectivity index (χ1) is 9.12. The molecule has 0 radical (unpaired) electrons. The minimum absolute atomic E-state index is 0.573. The number of hydrogen-bond acceptors (Lipinski definition) is 3. The van der Waals surface area contributed by atoms with Crippen LogP contribution in [0.15, 0.2) is 6.07 Å². The number of rotatable bonds is 5. The maximum absolute atomic E-state index is 4.82. The van der Waals surface area contributed by atoms with Gasteiger partial charge in [-0.2, -0.15) is 0 Å². The van der Waals surface area contributed by atoms with E-state index in [0.29, 0.717) is 11.8 Å². The second kappa shape index (κ2) is 6.36. The van der Waals surface area contributed by atoms with E-state index < -0.39 is 0 Å². The summed E-state index contributed by atoms with van der Waals surface area (Å²) in [5.74, 6) is 4.13. The van der Waals surface area contributed by atoms with E-state index >= 15 is 0 Å². The first-order valence-corrected chi connectivity index (χ1v) is 7.68. The highest BCUT2D eigenvalue weighted by molar-refractivity contribution is 5.36. The molecule has 1 saturated carbocycles. The van der Waals surface area contributed by atoms with E-state index in [2.05, 4.69) is 37.1 Å². The highest BCUT2D eigenvalue weighted by Gasteiger charge is 2.27. The predicted octanol–water partition coefficient (Wildman–Crippen LogP) is 4.01. The summed E-state index contributed by atoms with van der Waals surface area (Å²) in [5.41, 5.74) is 1.18. The normalized spacial score (nSPS) is 23.0. The van der Waals surface area contributed by atoms with Crippen LogP contribution in [0, 0.1) is 11.8 Å². The number of aromatic nitrogens is 2. The minimum atomic E-state index is 0.573. The van der Waals surface area contributed by atoms with Crippen molar-refractivity contribution in [3.63, 3.8) is 0 Å². The maximum atomic E-state index is 4.82. The molecule has 1 aliphatic rings. The molecule has 1 heterocycles. The second-order valence-corrected chi connectivity index (χ2v) is 6.23. The quantitative estimate of drug-likeness (QED) is 0.870. The van der Waals surface area contributed by atoms with Crippen molar-refractivity contribution >= 4 is 5.82 Å². The summed E-state index contributed by atoms with van der Waals surface area (Å²) < 4.78 is 0. The highest BCUT2D eigenvalue weighted by Crippen LogP contribution is 2.38. The molecular formula is C16H27N3. The van der Waals surface area contributed by atoms with Crippen molar-refractivity contribution in [3.05, 3.63) is 17.6 Å². The van der Waals surface area contributed by atoms with Crippen molar-refractivity contribution in [2.24, 2.45) is 11.8 Å². The van der Waals surface area contributed by atoms with Crippen LogP contribution in [0.5, 0.6) is 0 Å². The van der Waals surface area contributed by atoms with Gasteiger partial charge in [0.05, 0.1) is 0 Å². The molecule has 1 aliphatic carbocycles. The van der Waals surface area contributed by atoms with Crippen molar-refractivity contribution < 1.29 is 0 Å². The Hall–Kier alpha value is -1.12. The summed E-state index contributed by atoms with van der Waals surface area (Å²) in [7, 11) is 1.94. The van der Waals surface area contributed by atoms with Gasteiger partial charge in [0.2, 0.25) is 0 Å². The summed E-state index contributed by atoms with van der Waals surface area (Å²) in [6, 6.07) is 2.09. The van der Waals surface area contributed by atoms with Gasteiger partial charge in [0.25, 0.3) is 0 Å². The lowest BCUT2D eigenvalue weighted by Crippen LogP contribution is -2.08. The van der Waals surface area contributed by atoms with Crippen LogP contribution in [0.2, 0.25) is 0 Å². The molecule has 0 bridgehead atoms. The van der Waals surface area contributed by atoms with E-state index in [4.69, 9.17) is 4.98 Å². The Morgan fingerprint density at radius 3 is 2.68 bits per heavy atom. The third-order valence-corrected chi connectivity index (χ3v) is 4.15. The van der Waals surface area contributed by atoms with Crippen LogP contribution in [-0.2, 0) is 6.42 Å². The molecule has 106 valence electrons. The van der Waals surface area contributed by atoms with Gasteiger partial charge in [-0.1, -0.05) is 27.2 Å². The zero-order valence-corrected chi connectivity index (χ0v) is 12.7. The first-order valence-electron chi connectivity index (χ1n) is 7.68. The van der Waals surface area contributed by atoms with Gasteiger partial charge in [0.1, 0.15) is 11.6 Å². The smallest absolute Gasteiger partial charge is 0.134 e. The Bertz CT molecular complexity index is 414. The average molecular weight is 261 g/mol. The largest absolute Gasteiger partial charge is 0.373 e. The van der Waals surface area contributed by atoms with Gasteiger partial charge in [-0.05, 0) is 37.5 Å². The molecule has 0 spiro atoms. The molecule has 0 aromatic carbocycles. The van der Waals surface area contributed by atoms with Gasteiger partial charge in [-0.25, -0.2) is 9.97 Å². The van der Waals surface area contributed by atoms with E-state index in [1.807, 2.05) is 7.05 Å². The van der Waals surface area contributed by atoms with Crippen molar-refractivity contribution in [2.45, 2.75) is 58.8 Å². The van der Waals surface area contributed by atoms with E-state index in [1.54, 1.807) is 0 Å². The van der Waals surface area contributed by atoms with Crippen LogP contribution in [0.25, 0.3) is 0 Å². The highest BCUT2D eigenvalue weighted by atomic mass is 15.0. The molecular weight excluding hydrogens is 234 g/mol. The molecule has 2 atom stereocenters. The third kappa shape index (κ3) is 3.68. The Kier molecular flexibility index (Phi) is 4.78. The van der Waals surface area contributed by atoms with Crippen molar-refractivity contribution in [2.75, 3.05) is 12.4 Å². The summed E-state index contributed by atoms with van der Waals surface area (Å²) in [6.45, 7) is 6.77. The number of nitrogens with one attached hydrogen (secondary N) is 1. The van der Waals surface area contributed by atoms with Gasteiger partial charge >= 0.3 is 0 Å². The zero-order chi connectivity index (χ0) is 13.8. The van der Waals surface area contributed by atoms with Crippen molar-refractivity contribution in [1.82, 2.24) is 9.97 Å². The Balaban J connectivity index is 2.19. The Morgan fingerprint density at radius 1 is 1.32 bits per heavy atom. The molecule has 1 N–H and O–H groups in total. The summed E-state index contributed by atoms with van der Waals surface area (Å²) >= 11 is 0. The third-order valence-electron chi connectivity index (χ3n) is 4.15. The Labute approximate surface area is 117 Å². The van der Waals surface area contributed by atoms with Crippen LogP contribution >= 0.6 is 0 Å². The molecule has 1 fully saturated rings. The first kappa shape index (κ1) is 14.3. The fourth-order valence-electron chi connectivity index (χ4n) is 3.03. The lowest BCUT2D eigenvalue weighted by atomic mass is 10.0. The molecule has 2 unspecified atom stereocenters. The van der Waals surface area contributed by atoms with Crippen LogP contribution in [0.4, 0.5) is 5.82 Å². The molecule has 0 amide bonds. The van der Waals surface area contributed by atoms with Crippen molar-refractivity contribution in [1.29, 1.82) is 0 Å². The summed E-state index contributed by atoms with van der Waals surface area (Å²) in [6.07, 6.45) is 6.20. The predicted molar refractivity (Wildman–Crippen MR) is 80.5 cm³/mol. The topological polar surface area (TPSA) is 37.8 Å². The van der Waals surface area contributed by atoms with Gasteiger partial charge in [-0.3, -0.25) is 0 Å². The lowest BCUT2D eigenvalue weighted by Gasteiger charge is -2.13. The lowest BCUT2D eigenvalue weighted by molar-refractivity contribution is 0.515. The van der Waals surface area contributed by atoms with Gasteiger partial charge in [0, 0.05) is 24.7 Å². The van der Waals surface area contributed by atoms with Crippen LogP contribution < -0.4 is 5.32 Å². The average Bonchev–Trinajstić information content (AvgIpc) is 2.86. The zero-order valence-electron chi connectivity index (χ0n) is 12.7. The molecule has 1 aromatic rings. The molecule has 1 aromatic heterocycles. The minimum Gasteiger partial charge on any atom is -0.373 e. The fraction of sp³-hybridized carbons (Fsp3) is 0.750. The van der Waals surface area contributed by atoms with Crippen LogP contribution in [0.3, 0.4) is 0 Å². The molecule has 3 heteroatoms. The van der Waals surface area contributed by atoms with Gasteiger partial charge in [0.15, 0.2) is 0 Å². The number of anilines is 1. The maximum Gasteiger partial charge on any atom is 0.134 e. The SMILES string of the molecule is CCC1CCC(c2nc(CC(C)C)cc(NC)n2)C1. The fourth-order valence-corrected chi connectivity index (χ4v) is 3.03. The van der Waals surface area contributed by atoms with E-state index in [1.165, 1.54) is 31.4 Å². The van der Waals surface area contributed by atoms with E-state index in [0.717, 1.165) is 24.0 Å². The van der Waals surface area contributed by atoms with Gasteiger partial charge in [-0.15, -0.1) is 0 Å². The van der Waals surface area contributed by atoms with Crippen LogP contribution in [0.1, 0.15) is 63.9 Å². The number of hydrogen-bond donors (Lipinski definition) is 1. The Morgan fingerprint density at radius 2 is 2.11 bits per heavy atom. The van der Waals surface area contributed by atoms with E-state index in [9.17, 15) is 0 Å². The molecule has 0 saturated heterocycles. The van der Waals surface area contributed by atoms with Crippen molar-refractivity contribution in [3.8, 4) is 0 Å². The second-order valence-electron chi connectivity index (χ2n) is 6.23. The number of nitrogens with zero attached hydrogens (tertiary/aromatic N) is 2. The molecule has 3 nitrogen and oxygen atoms in total. The molecule has 2 rings (SSSR count).